The predicted molar refractivity (Wildman–Crippen MR) is 109 cm³/mol. The van der Waals surface area contributed by atoms with Crippen LogP contribution in [0.25, 0.3) is 11.1 Å². The Hall–Kier alpha value is -2.62. The summed E-state index contributed by atoms with van der Waals surface area (Å²) in [5.74, 6) is -8.38. The fourth-order valence-corrected chi connectivity index (χ4v) is 3.63. The summed E-state index contributed by atoms with van der Waals surface area (Å²) in [5.41, 5.74) is -2.19. The van der Waals surface area contributed by atoms with Gasteiger partial charge in [0.1, 0.15) is 40.1 Å². The van der Waals surface area contributed by atoms with E-state index in [1.807, 2.05) is 6.92 Å². The molecule has 3 aromatic rings. The minimum Gasteiger partial charge on any atom is -0.429 e. The number of hydrogen-bond acceptors (Lipinski definition) is 1. The summed E-state index contributed by atoms with van der Waals surface area (Å²) >= 11 is 1.77. The van der Waals surface area contributed by atoms with E-state index in [0.29, 0.717) is 17.7 Å². The number of ether oxygens (including phenoxy) is 1. The third kappa shape index (κ3) is 5.48. The van der Waals surface area contributed by atoms with E-state index in [-0.39, 0.29) is 17.7 Å². The smallest absolute Gasteiger partial charge is 0.429 e. The van der Waals surface area contributed by atoms with Gasteiger partial charge in [-0.1, -0.05) is 37.6 Å². The fourth-order valence-electron chi connectivity index (χ4n) is 3.25. The molecular formula is C23H15BrF8O. The zero-order valence-electron chi connectivity index (χ0n) is 16.8. The van der Waals surface area contributed by atoms with Crippen molar-refractivity contribution in [1.29, 1.82) is 0 Å². The Morgan fingerprint density at radius 1 is 0.727 bits per heavy atom. The molecule has 0 radical (unpaired) electrons. The van der Waals surface area contributed by atoms with Gasteiger partial charge in [-0.25, -0.2) is 17.6 Å². The molecular weight excluding hydrogens is 524 g/mol. The lowest BCUT2D eigenvalue weighted by atomic mass is 10.00. The number of halogens is 9. The highest BCUT2D eigenvalue weighted by atomic mass is 79.9. The third-order valence-corrected chi connectivity index (χ3v) is 5.10. The highest BCUT2D eigenvalue weighted by Gasteiger charge is 2.42. The normalized spacial score (nSPS) is 12.2. The van der Waals surface area contributed by atoms with E-state index in [1.54, 1.807) is 40.2 Å². The maximum Gasteiger partial charge on any atom is 0.432 e. The SMILES string of the molecule is CCCc1ccc(-c2cc(F)c(C(F)(F)Oc3cc(F)c(C(F)(F)Br)c(F)c3)c(F)c2)cc1. The van der Waals surface area contributed by atoms with Crippen LogP contribution >= 0.6 is 15.9 Å². The standard InChI is InChI=1S/C23H15BrF8O/c1-2-3-12-4-6-13(7-5-12)14-8-16(25)21(17(26)9-14)23(31,32)33-15-10-18(27)20(19(28)11-15)22(24,29)30/h4-11H,2-3H2,1H3. The van der Waals surface area contributed by atoms with Gasteiger partial charge >= 0.3 is 10.9 Å². The molecule has 33 heavy (non-hydrogen) atoms. The van der Waals surface area contributed by atoms with Crippen molar-refractivity contribution in [3.63, 3.8) is 0 Å². The topological polar surface area (TPSA) is 9.23 Å². The van der Waals surface area contributed by atoms with E-state index < -0.39 is 51.1 Å². The van der Waals surface area contributed by atoms with Gasteiger partial charge < -0.3 is 4.74 Å². The summed E-state index contributed by atoms with van der Waals surface area (Å²) in [6.07, 6.45) is -3.03. The Balaban J connectivity index is 1.94. The van der Waals surface area contributed by atoms with Crippen LogP contribution in [0.4, 0.5) is 35.1 Å². The van der Waals surface area contributed by atoms with Gasteiger partial charge in [0.2, 0.25) is 0 Å². The van der Waals surface area contributed by atoms with Crippen LogP contribution in [0.2, 0.25) is 0 Å². The molecule has 0 aliphatic carbocycles. The lowest BCUT2D eigenvalue weighted by Gasteiger charge is -2.21. The molecule has 0 saturated heterocycles. The van der Waals surface area contributed by atoms with Crippen LogP contribution < -0.4 is 4.74 Å². The molecule has 0 spiro atoms. The molecule has 0 aliphatic heterocycles. The summed E-state index contributed by atoms with van der Waals surface area (Å²) in [7, 11) is 0. The van der Waals surface area contributed by atoms with E-state index >= 15 is 0 Å². The van der Waals surface area contributed by atoms with Crippen molar-refractivity contribution < 1.29 is 39.9 Å². The number of hydrogen-bond donors (Lipinski definition) is 0. The molecule has 0 N–H and O–H groups in total. The van der Waals surface area contributed by atoms with Crippen LogP contribution in [-0.2, 0) is 17.4 Å². The van der Waals surface area contributed by atoms with E-state index in [1.165, 1.54) is 0 Å². The molecule has 0 fully saturated rings. The average molecular weight is 539 g/mol. The van der Waals surface area contributed by atoms with Gasteiger partial charge in [0.15, 0.2) is 0 Å². The van der Waals surface area contributed by atoms with Crippen molar-refractivity contribution >= 4 is 15.9 Å². The zero-order valence-corrected chi connectivity index (χ0v) is 18.4. The highest BCUT2D eigenvalue weighted by Crippen LogP contribution is 2.41. The van der Waals surface area contributed by atoms with Crippen molar-refractivity contribution in [3.8, 4) is 16.9 Å². The molecule has 3 aromatic carbocycles. The first-order chi connectivity index (χ1) is 15.3. The third-order valence-electron chi connectivity index (χ3n) is 4.70. The quantitative estimate of drug-likeness (QED) is 0.216. The van der Waals surface area contributed by atoms with E-state index in [0.717, 1.165) is 18.4 Å². The molecule has 0 saturated carbocycles. The lowest BCUT2D eigenvalue weighted by molar-refractivity contribution is -0.189. The molecule has 0 aromatic heterocycles. The van der Waals surface area contributed by atoms with Gasteiger partial charge in [0.05, 0.1) is 0 Å². The monoisotopic (exact) mass is 538 g/mol. The molecule has 1 nitrogen and oxygen atoms in total. The van der Waals surface area contributed by atoms with Gasteiger partial charge in [-0.3, -0.25) is 0 Å². The van der Waals surface area contributed by atoms with Gasteiger partial charge in [-0.15, -0.1) is 0 Å². The van der Waals surface area contributed by atoms with Crippen LogP contribution in [0, 0.1) is 23.3 Å². The minimum absolute atomic E-state index is 0.0198. The Kier molecular flexibility index (Phi) is 7.07. The zero-order chi connectivity index (χ0) is 24.6. The lowest BCUT2D eigenvalue weighted by Crippen LogP contribution is -2.25. The molecule has 0 heterocycles. The Morgan fingerprint density at radius 3 is 1.67 bits per heavy atom. The summed E-state index contributed by atoms with van der Waals surface area (Å²) in [5, 5.41) is 0. The van der Waals surface area contributed by atoms with E-state index in [2.05, 4.69) is 4.74 Å². The number of benzene rings is 3. The molecule has 0 atom stereocenters. The van der Waals surface area contributed by atoms with Crippen LogP contribution in [0.5, 0.6) is 5.75 Å². The molecule has 0 bridgehead atoms. The first-order valence-corrected chi connectivity index (χ1v) is 10.3. The van der Waals surface area contributed by atoms with Crippen molar-refractivity contribution in [3.05, 3.63) is 88.5 Å². The maximum absolute atomic E-state index is 14.5. The van der Waals surface area contributed by atoms with Gasteiger partial charge in [0.25, 0.3) is 0 Å². The second-order valence-electron chi connectivity index (χ2n) is 7.14. The number of rotatable bonds is 7. The Bertz CT molecular complexity index is 1110. The van der Waals surface area contributed by atoms with Crippen molar-refractivity contribution in [1.82, 2.24) is 0 Å². The van der Waals surface area contributed by atoms with Crippen molar-refractivity contribution in [2.45, 2.75) is 30.7 Å². The van der Waals surface area contributed by atoms with Crippen LogP contribution in [0.1, 0.15) is 30.0 Å². The average Bonchev–Trinajstić information content (AvgIpc) is 2.65. The Labute approximate surface area is 192 Å². The van der Waals surface area contributed by atoms with Gasteiger partial charge in [-0.2, -0.15) is 17.6 Å². The molecule has 3 rings (SSSR count). The summed E-state index contributed by atoms with van der Waals surface area (Å²) in [4.78, 5) is -4.12. The second kappa shape index (κ2) is 9.32. The molecule has 0 aliphatic rings. The first-order valence-electron chi connectivity index (χ1n) is 9.55. The first kappa shape index (κ1) is 25.0. The molecule has 0 amide bonds. The highest BCUT2D eigenvalue weighted by molar-refractivity contribution is 9.09. The van der Waals surface area contributed by atoms with Gasteiger partial charge in [0, 0.05) is 12.1 Å². The summed E-state index contributed by atoms with van der Waals surface area (Å²) < 4.78 is 116. The van der Waals surface area contributed by atoms with Crippen LogP contribution in [0.3, 0.4) is 0 Å². The fraction of sp³-hybridized carbons (Fsp3) is 0.217. The largest absolute Gasteiger partial charge is 0.432 e. The van der Waals surface area contributed by atoms with E-state index in [9.17, 15) is 35.1 Å². The van der Waals surface area contributed by atoms with Gasteiger partial charge in [-0.05, 0) is 51.2 Å². The van der Waals surface area contributed by atoms with Crippen molar-refractivity contribution in [2.24, 2.45) is 0 Å². The van der Waals surface area contributed by atoms with Crippen LogP contribution in [0.15, 0.2) is 48.5 Å². The molecule has 10 heteroatoms. The number of aryl methyl sites for hydroxylation is 1. The second-order valence-corrected chi connectivity index (χ2v) is 8.14. The van der Waals surface area contributed by atoms with Crippen LogP contribution in [-0.4, -0.2) is 0 Å². The molecule has 176 valence electrons. The van der Waals surface area contributed by atoms with Crippen molar-refractivity contribution in [2.75, 3.05) is 0 Å². The summed E-state index contributed by atoms with van der Waals surface area (Å²) in [6.45, 7) is 1.98. The minimum atomic E-state index is -4.71. The van der Waals surface area contributed by atoms with E-state index in [4.69, 9.17) is 0 Å². The molecule has 0 unspecified atom stereocenters. The number of alkyl halides is 5. The Morgan fingerprint density at radius 2 is 1.21 bits per heavy atom. The summed E-state index contributed by atoms with van der Waals surface area (Å²) in [6, 6.07) is 8.10. The maximum atomic E-state index is 14.5. The predicted octanol–water partition coefficient (Wildman–Crippen LogP) is 8.44.